The first kappa shape index (κ1) is 15.0. The van der Waals surface area contributed by atoms with Crippen molar-refractivity contribution in [3.8, 4) is 5.69 Å². The van der Waals surface area contributed by atoms with E-state index in [1.807, 2.05) is 78.5 Å². The van der Waals surface area contributed by atoms with E-state index in [4.69, 9.17) is 0 Å². The van der Waals surface area contributed by atoms with Gasteiger partial charge in [-0.1, -0.05) is 41.7 Å². The fourth-order valence-corrected chi connectivity index (χ4v) is 4.06. The minimum atomic E-state index is -0.0365. The molecule has 3 heterocycles. The standard InChI is InChI=1S/C20H14N4OS/c1-13-14(12-23(22-13)15-7-3-2-4-8-15)11-18-19(25)24-17-10-6-5-9-16(17)21-20(24)26-18/h2-12H,1H3/b18-11-. The SMILES string of the molecule is Cc1nn(-c2ccccc2)cc1/C=c1\sc2nc3ccccc3n2c1=O. The zero-order valence-corrected chi connectivity index (χ0v) is 14.8. The molecule has 0 fully saturated rings. The number of thiazole rings is 1. The third kappa shape index (κ3) is 2.27. The summed E-state index contributed by atoms with van der Waals surface area (Å²) >= 11 is 1.41. The van der Waals surface area contributed by atoms with Crippen LogP contribution in [-0.2, 0) is 0 Å². The van der Waals surface area contributed by atoms with Crippen molar-refractivity contribution >= 4 is 33.4 Å². The Kier molecular flexibility index (Phi) is 3.26. The fraction of sp³-hybridized carbons (Fsp3) is 0.0500. The second-order valence-corrected chi connectivity index (χ2v) is 7.09. The van der Waals surface area contributed by atoms with Crippen LogP contribution in [0, 0.1) is 6.92 Å². The smallest absolute Gasteiger partial charge is 0.267 e. The second kappa shape index (κ2) is 5.64. The predicted octanol–water partition coefficient (Wildman–Crippen LogP) is 2.95. The molecule has 0 saturated heterocycles. The van der Waals surface area contributed by atoms with Crippen LogP contribution in [0.15, 0.2) is 65.6 Å². The van der Waals surface area contributed by atoms with Crippen LogP contribution in [0.25, 0.3) is 27.8 Å². The van der Waals surface area contributed by atoms with E-state index >= 15 is 0 Å². The van der Waals surface area contributed by atoms with Gasteiger partial charge in [-0.05, 0) is 37.3 Å². The zero-order valence-electron chi connectivity index (χ0n) is 14.0. The van der Waals surface area contributed by atoms with Crippen LogP contribution in [0.3, 0.4) is 0 Å². The lowest BCUT2D eigenvalue weighted by Crippen LogP contribution is -2.22. The number of rotatable bonds is 2. The van der Waals surface area contributed by atoms with Crippen LogP contribution in [0.5, 0.6) is 0 Å². The molecule has 126 valence electrons. The van der Waals surface area contributed by atoms with Crippen molar-refractivity contribution in [2.45, 2.75) is 6.92 Å². The van der Waals surface area contributed by atoms with Crippen molar-refractivity contribution in [1.29, 1.82) is 0 Å². The molecule has 3 aromatic heterocycles. The molecule has 2 aromatic carbocycles. The number of nitrogens with zero attached hydrogens (tertiary/aromatic N) is 4. The number of hydrogen-bond donors (Lipinski definition) is 0. The van der Waals surface area contributed by atoms with Gasteiger partial charge in [-0.15, -0.1) is 0 Å². The maximum atomic E-state index is 12.9. The molecule has 0 saturated carbocycles. The van der Waals surface area contributed by atoms with Crippen molar-refractivity contribution in [3.05, 3.63) is 86.9 Å². The maximum absolute atomic E-state index is 12.9. The molecule has 6 heteroatoms. The highest BCUT2D eigenvalue weighted by Crippen LogP contribution is 2.16. The number of aromatic nitrogens is 4. The summed E-state index contributed by atoms with van der Waals surface area (Å²) in [6.45, 7) is 1.95. The third-order valence-electron chi connectivity index (χ3n) is 4.39. The van der Waals surface area contributed by atoms with Crippen molar-refractivity contribution in [1.82, 2.24) is 19.2 Å². The number of hydrogen-bond acceptors (Lipinski definition) is 4. The maximum Gasteiger partial charge on any atom is 0.274 e. The van der Waals surface area contributed by atoms with Gasteiger partial charge < -0.3 is 0 Å². The minimum Gasteiger partial charge on any atom is -0.267 e. The lowest BCUT2D eigenvalue weighted by Gasteiger charge is -1.98. The molecule has 5 nitrogen and oxygen atoms in total. The van der Waals surface area contributed by atoms with E-state index in [2.05, 4.69) is 10.1 Å². The van der Waals surface area contributed by atoms with Gasteiger partial charge >= 0.3 is 0 Å². The quantitative estimate of drug-likeness (QED) is 0.487. The van der Waals surface area contributed by atoms with Crippen LogP contribution in [0.4, 0.5) is 0 Å². The lowest BCUT2D eigenvalue weighted by atomic mass is 10.2. The molecular weight excluding hydrogens is 344 g/mol. The minimum absolute atomic E-state index is 0.0365. The van der Waals surface area contributed by atoms with Gasteiger partial charge in [-0.3, -0.25) is 4.79 Å². The average Bonchev–Trinajstić information content (AvgIpc) is 3.30. The van der Waals surface area contributed by atoms with Crippen molar-refractivity contribution in [2.24, 2.45) is 0 Å². The van der Waals surface area contributed by atoms with E-state index in [-0.39, 0.29) is 5.56 Å². The van der Waals surface area contributed by atoms with Gasteiger partial charge in [0.15, 0.2) is 4.96 Å². The summed E-state index contributed by atoms with van der Waals surface area (Å²) in [5.74, 6) is 0. The highest BCUT2D eigenvalue weighted by atomic mass is 32.1. The first-order chi connectivity index (χ1) is 12.7. The molecule has 0 N–H and O–H groups in total. The van der Waals surface area contributed by atoms with E-state index in [1.54, 1.807) is 4.40 Å². The van der Waals surface area contributed by atoms with Crippen LogP contribution < -0.4 is 10.1 Å². The zero-order chi connectivity index (χ0) is 17.7. The summed E-state index contributed by atoms with van der Waals surface area (Å²) < 4.78 is 4.18. The van der Waals surface area contributed by atoms with Gasteiger partial charge in [-0.2, -0.15) is 5.10 Å². The largest absolute Gasteiger partial charge is 0.274 e. The molecule has 0 unspecified atom stereocenters. The Labute approximate surface area is 152 Å². The Morgan fingerprint density at radius 3 is 2.65 bits per heavy atom. The highest BCUT2D eigenvalue weighted by Gasteiger charge is 2.11. The Bertz CT molecular complexity index is 1360. The summed E-state index contributed by atoms with van der Waals surface area (Å²) in [5, 5.41) is 4.56. The lowest BCUT2D eigenvalue weighted by molar-refractivity contribution is 0.863. The molecule has 26 heavy (non-hydrogen) atoms. The summed E-state index contributed by atoms with van der Waals surface area (Å²) in [5.41, 5.74) is 4.45. The van der Waals surface area contributed by atoms with E-state index in [0.29, 0.717) is 4.53 Å². The molecular formula is C20H14N4OS. The number of benzene rings is 2. The van der Waals surface area contributed by atoms with Crippen LogP contribution in [0.1, 0.15) is 11.3 Å². The first-order valence-corrected chi connectivity index (χ1v) is 9.06. The van der Waals surface area contributed by atoms with Crippen molar-refractivity contribution in [3.63, 3.8) is 0 Å². The molecule has 5 rings (SSSR count). The first-order valence-electron chi connectivity index (χ1n) is 8.24. The van der Waals surface area contributed by atoms with E-state index in [1.165, 1.54) is 11.3 Å². The molecule has 0 aliphatic carbocycles. The summed E-state index contributed by atoms with van der Waals surface area (Å²) in [7, 11) is 0. The molecule has 0 bridgehead atoms. The molecule has 0 spiro atoms. The number of fused-ring (bicyclic) bond motifs is 3. The molecule has 0 aliphatic rings. The number of para-hydroxylation sites is 3. The van der Waals surface area contributed by atoms with Crippen molar-refractivity contribution in [2.75, 3.05) is 0 Å². The number of imidazole rings is 1. The molecule has 0 radical (unpaired) electrons. The Morgan fingerprint density at radius 2 is 1.81 bits per heavy atom. The van der Waals surface area contributed by atoms with Gasteiger partial charge in [0.2, 0.25) is 0 Å². The van der Waals surface area contributed by atoms with Gasteiger partial charge in [0.1, 0.15) is 0 Å². The predicted molar refractivity (Wildman–Crippen MR) is 104 cm³/mol. The van der Waals surface area contributed by atoms with Crippen LogP contribution >= 0.6 is 11.3 Å². The number of aryl methyl sites for hydroxylation is 1. The van der Waals surface area contributed by atoms with Gasteiger partial charge in [0, 0.05) is 11.8 Å². The van der Waals surface area contributed by atoms with Gasteiger partial charge in [-0.25, -0.2) is 14.1 Å². The van der Waals surface area contributed by atoms with Gasteiger partial charge in [0.25, 0.3) is 5.56 Å². The fourth-order valence-electron chi connectivity index (χ4n) is 3.08. The normalized spacial score (nSPS) is 12.4. The van der Waals surface area contributed by atoms with Crippen LogP contribution in [0.2, 0.25) is 0 Å². The Hall–Kier alpha value is -3.25. The second-order valence-electron chi connectivity index (χ2n) is 6.08. The molecule has 5 aromatic rings. The molecule has 0 atom stereocenters. The Morgan fingerprint density at radius 1 is 1.04 bits per heavy atom. The summed E-state index contributed by atoms with van der Waals surface area (Å²) in [4.78, 5) is 18.1. The summed E-state index contributed by atoms with van der Waals surface area (Å²) in [6, 6.07) is 17.6. The topological polar surface area (TPSA) is 52.2 Å². The Balaban J connectivity index is 1.69. The van der Waals surface area contributed by atoms with Crippen LogP contribution in [-0.4, -0.2) is 19.2 Å². The average molecular weight is 358 g/mol. The van der Waals surface area contributed by atoms with E-state index < -0.39 is 0 Å². The highest BCUT2D eigenvalue weighted by molar-refractivity contribution is 7.15. The molecule has 0 aliphatic heterocycles. The summed E-state index contributed by atoms with van der Waals surface area (Å²) in [6.07, 6.45) is 3.85. The monoisotopic (exact) mass is 358 g/mol. The third-order valence-corrected chi connectivity index (χ3v) is 5.36. The molecule has 0 amide bonds. The van der Waals surface area contributed by atoms with E-state index in [9.17, 15) is 4.79 Å². The van der Waals surface area contributed by atoms with Crippen molar-refractivity contribution < 1.29 is 0 Å². The van der Waals surface area contributed by atoms with E-state index in [0.717, 1.165) is 32.9 Å². The van der Waals surface area contributed by atoms with Gasteiger partial charge in [0.05, 0.1) is 26.9 Å².